The van der Waals surface area contributed by atoms with Gasteiger partial charge in [-0.15, -0.1) is 11.3 Å². The zero-order valence-corrected chi connectivity index (χ0v) is 36.1. The van der Waals surface area contributed by atoms with Crippen LogP contribution in [0.5, 0.6) is 0 Å². The number of likely N-dealkylation sites (tertiary alicyclic amines) is 1. The van der Waals surface area contributed by atoms with Crippen molar-refractivity contribution < 1.29 is 23.2 Å². The Kier molecular flexibility index (Phi) is 13.8. The molecule has 5 heterocycles. The molecule has 5 N–H and O–H groups in total. The lowest BCUT2D eigenvalue weighted by Crippen LogP contribution is -2.42. The summed E-state index contributed by atoms with van der Waals surface area (Å²) in [5.41, 5.74) is 12.6. The number of fused-ring (bicyclic) bond motifs is 2. The number of aliphatic imine (C=N–C) groups is 1. The SMILES string of the molecule is CN=CC(=CN)c1cc2c(cc1C(F)F)N(c1nn(C3CCN(CC(=O)NCCCNc4ccc(C(=O)Nc5ncc(C)s5)c(C)c4)CC3)c3c1CN(C(C)=O)CC3)CCC2. The van der Waals surface area contributed by atoms with Gasteiger partial charge in [-0.25, -0.2) is 13.8 Å². The van der Waals surface area contributed by atoms with Crippen molar-refractivity contribution >= 4 is 63.2 Å². The molecule has 0 radical (unpaired) electrons. The van der Waals surface area contributed by atoms with Crippen LogP contribution in [-0.4, -0.2) is 101 Å². The Morgan fingerprint density at radius 3 is 2.54 bits per heavy atom. The van der Waals surface area contributed by atoms with Crippen LogP contribution in [0.25, 0.3) is 5.57 Å². The van der Waals surface area contributed by atoms with E-state index >= 15 is 0 Å². The van der Waals surface area contributed by atoms with Crippen molar-refractivity contribution in [2.75, 3.05) is 68.4 Å². The van der Waals surface area contributed by atoms with E-state index in [0.717, 1.165) is 78.1 Å². The average Bonchev–Trinajstić information content (AvgIpc) is 3.84. The van der Waals surface area contributed by atoms with E-state index in [9.17, 15) is 23.2 Å². The zero-order valence-electron chi connectivity index (χ0n) is 35.3. The predicted octanol–water partition coefficient (Wildman–Crippen LogP) is 6.39. The molecule has 3 aliphatic rings. The van der Waals surface area contributed by atoms with Crippen LogP contribution < -0.4 is 26.6 Å². The smallest absolute Gasteiger partial charge is 0.264 e. The first-order valence-corrected chi connectivity index (χ1v) is 21.8. The van der Waals surface area contributed by atoms with Gasteiger partial charge in [0.15, 0.2) is 10.9 Å². The lowest BCUT2D eigenvalue weighted by atomic mass is 9.92. The fourth-order valence-corrected chi connectivity index (χ4v) is 9.25. The third kappa shape index (κ3) is 9.94. The summed E-state index contributed by atoms with van der Waals surface area (Å²) in [6.45, 7) is 9.98. The number of anilines is 4. The zero-order chi connectivity index (χ0) is 43.2. The lowest BCUT2D eigenvalue weighted by Gasteiger charge is -2.33. The molecule has 1 fully saturated rings. The molecule has 0 unspecified atom stereocenters. The first kappa shape index (κ1) is 43.4. The Bertz CT molecular complexity index is 2310. The van der Waals surface area contributed by atoms with E-state index in [2.05, 4.69) is 40.4 Å². The van der Waals surface area contributed by atoms with E-state index in [1.165, 1.54) is 23.8 Å². The van der Waals surface area contributed by atoms with Gasteiger partial charge >= 0.3 is 0 Å². The Balaban J connectivity index is 0.948. The van der Waals surface area contributed by atoms with Crippen molar-refractivity contribution in [2.45, 2.75) is 78.3 Å². The first-order valence-electron chi connectivity index (χ1n) is 20.9. The molecular formula is C44H55F2N11O3S. The summed E-state index contributed by atoms with van der Waals surface area (Å²) in [6.07, 6.45) is 6.33. The van der Waals surface area contributed by atoms with Crippen molar-refractivity contribution in [1.82, 2.24) is 29.9 Å². The standard InChI is InChI=1S/C44H55F2N11O3S/c1-27-19-32(8-9-34(27)43(60)52-44-51-23-28(2)61-44)49-13-6-14-50-40(59)26-54-16-10-33(11-17-54)57-38-12-18-55(29(3)58)25-37(38)42(53-57)56-15-5-7-30-20-35(31(22-47)24-48-4)36(41(45)46)21-39(30)56/h8-9,19-24,33,41,49H,5-7,10-18,25-26,47H2,1-4H3,(H,50,59)(H,51,52,60). The maximum absolute atomic E-state index is 14.6. The number of alkyl halides is 2. The number of allylic oxidation sites excluding steroid dienone is 1. The molecule has 3 aliphatic heterocycles. The molecule has 61 heavy (non-hydrogen) atoms. The van der Waals surface area contributed by atoms with E-state index in [1.54, 1.807) is 32.3 Å². The van der Waals surface area contributed by atoms with Gasteiger partial charge in [0.1, 0.15) is 0 Å². The van der Waals surface area contributed by atoms with Gasteiger partial charge in [-0.3, -0.25) is 34.3 Å². The molecule has 0 saturated carbocycles. The van der Waals surface area contributed by atoms with E-state index in [1.807, 2.05) is 36.9 Å². The monoisotopic (exact) mass is 855 g/mol. The highest BCUT2D eigenvalue weighted by Crippen LogP contribution is 2.43. The second-order valence-electron chi connectivity index (χ2n) is 15.9. The van der Waals surface area contributed by atoms with Gasteiger partial charge in [0, 0.05) is 122 Å². The summed E-state index contributed by atoms with van der Waals surface area (Å²) in [5.74, 6) is 0.493. The van der Waals surface area contributed by atoms with Crippen LogP contribution >= 0.6 is 11.3 Å². The maximum Gasteiger partial charge on any atom is 0.264 e. The molecule has 0 spiro atoms. The highest BCUT2D eigenvalue weighted by atomic mass is 32.1. The van der Waals surface area contributed by atoms with Gasteiger partial charge in [-0.2, -0.15) is 5.10 Å². The number of carbonyl (C=O) groups excluding carboxylic acids is 3. The lowest BCUT2D eigenvalue weighted by molar-refractivity contribution is -0.129. The number of piperidine rings is 1. The van der Waals surface area contributed by atoms with Gasteiger partial charge in [-0.1, -0.05) is 0 Å². The molecule has 0 bridgehead atoms. The van der Waals surface area contributed by atoms with E-state index < -0.39 is 6.43 Å². The molecule has 14 nitrogen and oxygen atoms in total. The number of carbonyl (C=O) groups is 3. The van der Waals surface area contributed by atoms with E-state index in [-0.39, 0.29) is 29.3 Å². The minimum atomic E-state index is -2.73. The van der Waals surface area contributed by atoms with Crippen molar-refractivity contribution in [3.05, 3.63) is 86.7 Å². The molecule has 0 atom stereocenters. The number of rotatable bonds is 14. The summed E-state index contributed by atoms with van der Waals surface area (Å²) in [6, 6.07) is 9.12. The summed E-state index contributed by atoms with van der Waals surface area (Å²) in [7, 11) is 1.58. The molecule has 0 aliphatic carbocycles. The summed E-state index contributed by atoms with van der Waals surface area (Å²) < 4.78 is 31.4. The van der Waals surface area contributed by atoms with Gasteiger partial charge in [0.2, 0.25) is 11.8 Å². The molecule has 2 aromatic heterocycles. The van der Waals surface area contributed by atoms with Crippen LogP contribution in [0.15, 0.2) is 47.7 Å². The summed E-state index contributed by atoms with van der Waals surface area (Å²) in [4.78, 5) is 53.6. The van der Waals surface area contributed by atoms with Gasteiger partial charge in [0.25, 0.3) is 12.3 Å². The summed E-state index contributed by atoms with van der Waals surface area (Å²) in [5, 5.41) is 15.1. The first-order chi connectivity index (χ1) is 29.4. The number of benzene rings is 2. The Morgan fingerprint density at radius 1 is 1.05 bits per heavy atom. The molecular weight excluding hydrogens is 801 g/mol. The minimum Gasteiger partial charge on any atom is -0.404 e. The Morgan fingerprint density at radius 2 is 1.85 bits per heavy atom. The molecule has 324 valence electrons. The Labute approximate surface area is 359 Å². The molecule has 3 amide bonds. The van der Waals surface area contributed by atoms with Gasteiger partial charge in [0.05, 0.1) is 19.1 Å². The third-order valence-electron chi connectivity index (χ3n) is 11.7. The number of nitrogens with zero attached hydrogens (tertiary/aromatic N) is 7. The number of aromatic nitrogens is 3. The van der Waals surface area contributed by atoms with Gasteiger partial charge < -0.3 is 26.2 Å². The average molecular weight is 856 g/mol. The second-order valence-corrected chi connectivity index (χ2v) is 17.1. The number of halogens is 2. The van der Waals surface area contributed by atoms with Crippen LogP contribution in [0.4, 0.5) is 31.1 Å². The maximum atomic E-state index is 14.6. The largest absolute Gasteiger partial charge is 0.404 e. The minimum absolute atomic E-state index is 0.0135. The quantitative estimate of drug-likeness (QED) is 0.0831. The van der Waals surface area contributed by atoms with Gasteiger partial charge in [-0.05, 0) is 93.0 Å². The summed E-state index contributed by atoms with van der Waals surface area (Å²) >= 11 is 1.43. The van der Waals surface area contributed by atoms with Crippen molar-refractivity contribution in [3.63, 3.8) is 0 Å². The number of nitrogens with one attached hydrogen (secondary N) is 3. The number of thiazole rings is 1. The number of hydrogen-bond donors (Lipinski definition) is 4. The van der Waals surface area contributed by atoms with E-state index in [4.69, 9.17) is 10.8 Å². The number of aryl methyl sites for hydroxylation is 3. The molecule has 1 saturated heterocycles. The van der Waals surface area contributed by atoms with Crippen LogP contribution in [-0.2, 0) is 29.0 Å². The predicted molar refractivity (Wildman–Crippen MR) is 237 cm³/mol. The highest BCUT2D eigenvalue weighted by molar-refractivity contribution is 7.15. The van der Waals surface area contributed by atoms with Crippen molar-refractivity contribution in [1.29, 1.82) is 0 Å². The van der Waals surface area contributed by atoms with Crippen LogP contribution in [0, 0.1) is 13.8 Å². The Hall–Kier alpha value is -5.68. The molecule has 2 aromatic carbocycles. The fraction of sp³-hybridized carbons (Fsp3) is 0.455. The number of hydrogen-bond acceptors (Lipinski definition) is 11. The topological polar surface area (TPSA) is 166 Å². The van der Waals surface area contributed by atoms with Crippen LogP contribution in [0.2, 0.25) is 0 Å². The third-order valence-corrected chi connectivity index (χ3v) is 12.5. The second kappa shape index (κ2) is 19.4. The van der Waals surface area contributed by atoms with Crippen molar-refractivity contribution in [3.8, 4) is 0 Å². The van der Waals surface area contributed by atoms with Crippen LogP contribution in [0.3, 0.4) is 0 Å². The molecule has 7 rings (SSSR count). The van der Waals surface area contributed by atoms with Crippen molar-refractivity contribution in [2.24, 2.45) is 10.7 Å². The molecule has 4 aromatic rings. The normalized spacial score (nSPS) is 16.2. The number of nitrogens with two attached hydrogens (primary N) is 1. The fourth-order valence-electron chi connectivity index (χ4n) is 8.59. The van der Waals surface area contributed by atoms with Crippen LogP contribution in [0.1, 0.15) is 93.8 Å². The highest BCUT2D eigenvalue weighted by Gasteiger charge is 2.35. The van der Waals surface area contributed by atoms with E-state index in [0.29, 0.717) is 79.0 Å². The number of amides is 3. The molecule has 17 heteroatoms.